The lowest BCUT2D eigenvalue weighted by Gasteiger charge is -2.07. The van der Waals surface area contributed by atoms with Gasteiger partial charge < -0.3 is 9.84 Å². The van der Waals surface area contributed by atoms with Crippen molar-refractivity contribution in [3.05, 3.63) is 33.9 Å². The Morgan fingerprint density at radius 3 is 2.76 bits per heavy atom. The van der Waals surface area contributed by atoms with Gasteiger partial charge in [0.15, 0.2) is 5.75 Å². The van der Waals surface area contributed by atoms with Gasteiger partial charge in [-0.25, -0.2) is 0 Å². The van der Waals surface area contributed by atoms with Gasteiger partial charge in [-0.2, -0.15) is 0 Å². The molecule has 1 rings (SSSR count). The molecule has 0 aliphatic rings. The molecule has 0 atom stereocenters. The summed E-state index contributed by atoms with van der Waals surface area (Å²) in [4.78, 5) is 10.3. The lowest BCUT2D eigenvalue weighted by atomic mass is 10.2. The van der Waals surface area contributed by atoms with E-state index in [9.17, 15) is 10.1 Å². The van der Waals surface area contributed by atoms with Crippen LogP contribution in [-0.4, -0.2) is 16.6 Å². The van der Waals surface area contributed by atoms with Crippen molar-refractivity contribution in [1.29, 1.82) is 0 Å². The molecule has 0 radical (unpaired) electrons. The van der Waals surface area contributed by atoms with Crippen molar-refractivity contribution in [2.24, 2.45) is 0 Å². The summed E-state index contributed by atoms with van der Waals surface area (Å²) in [5.74, 6) is 0.234. The van der Waals surface area contributed by atoms with Crippen LogP contribution in [0.25, 0.3) is 0 Å². The van der Waals surface area contributed by atoms with E-state index in [1.807, 2.05) is 0 Å². The van der Waals surface area contributed by atoms with E-state index in [0.717, 1.165) is 19.3 Å². The molecule has 1 aromatic carbocycles. The summed E-state index contributed by atoms with van der Waals surface area (Å²) in [5, 5.41) is 19.7. The van der Waals surface area contributed by atoms with Crippen LogP contribution in [0.3, 0.4) is 0 Å². The minimum Gasteiger partial charge on any atom is -0.487 e. The van der Waals surface area contributed by atoms with E-state index >= 15 is 0 Å². The van der Waals surface area contributed by atoms with E-state index in [1.54, 1.807) is 0 Å². The molecule has 0 saturated heterocycles. The molecule has 0 aliphatic carbocycles. The third-order valence-corrected chi connectivity index (χ3v) is 2.41. The zero-order valence-electron chi connectivity index (χ0n) is 9.89. The molecule has 94 valence electrons. The average Bonchev–Trinajstić information content (AvgIpc) is 2.34. The van der Waals surface area contributed by atoms with Crippen LogP contribution in [0.1, 0.15) is 31.7 Å². The van der Waals surface area contributed by atoms with E-state index < -0.39 is 4.92 Å². The van der Waals surface area contributed by atoms with Gasteiger partial charge in [-0.15, -0.1) is 0 Å². The van der Waals surface area contributed by atoms with E-state index in [0.29, 0.717) is 12.2 Å². The van der Waals surface area contributed by atoms with Crippen LogP contribution in [0.15, 0.2) is 18.2 Å². The number of hydrogen-bond acceptors (Lipinski definition) is 4. The molecule has 0 fully saturated rings. The van der Waals surface area contributed by atoms with Crippen molar-refractivity contribution in [2.45, 2.75) is 32.8 Å². The zero-order valence-corrected chi connectivity index (χ0v) is 9.89. The lowest BCUT2D eigenvalue weighted by molar-refractivity contribution is -0.385. The van der Waals surface area contributed by atoms with Gasteiger partial charge in [-0.3, -0.25) is 10.1 Å². The highest BCUT2D eigenvalue weighted by Gasteiger charge is 2.15. The van der Waals surface area contributed by atoms with Crippen molar-refractivity contribution in [3.8, 4) is 5.75 Å². The van der Waals surface area contributed by atoms with Crippen LogP contribution in [0.5, 0.6) is 5.75 Å². The van der Waals surface area contributed by atoms with Crippen LogP contribution in [0, 0.1) is 10.1 Å². The highest BCUT2D eigenvalue weighted by atomic mass is 16.6. The molecule has 0 heterocycles. The molecule has 0 saturated carbocycles. The fourth-order valence-corrected chi connectivity index (χ4v) is 1.46. The van der Waals surface area contributed by atoms with Crippen LogP contribution < -0.4 is 4.74 Å². The quantitative estimate of drug-likeness (QED) is 0.451. The van der Waals surface area contributed by atoms with Gasteiger partial charge in [0, 0.05) is 6.07 Å². The Morgan fingerprint density at radius 2 is 2.18 bits per heavy atom. The summed E-state index contributed by atoms with van der Waals surface area (Å²) in [6.07, 6.45) is 2.98. The molecule has 1 N–H and O–H groups in total. The van der Waals surface area contributed by atoms with Gasteiger partial charge in [0.25, 0.3) is 0 Å². The van der Waals surface area contributed by atoms with Gasteiger partial charge in [0.05, 0.1) is 18.1 Å². The number of hydrogen-bond donors (Lipinski definition) is 1. The predicted octanol–water partition coefficient (Wildman–Crippen LogP) is 2.66. The summed E-state index contributed by atoms with van der Waals surface area (Å²) in [6, 6.07) is 4.40. The molecule has 0 spiro atoms. The molecular weight excluding hydrogens is 222 g/mol. The molecule has 5 heteroatoms. The van der Waals surface area contributed by atoms with Crippen molar-refractivity contribution in [2.75, 3.05) is 6.61 Å². The highest BCUT2D eigenvalue weighted by Crippen LogP contribution is 2.28. The maximum Gasteiger partial charge on any atom is 0.310 e. The Balaban J connectivity index is 2.75. The first-order valence-electron chi connectivity index (χ1n) is 5.70. The number of aliphatic hydroxyl groups is 1. The molecule has 5 nitrogen and oxygen atoms in total. The maximum atomic E-state index is 10.8. The first kappa shape index (κ1) is 13.4. The van der Waals surface area contributed by atoms with Gasteiger partial charge in [-0.1, -0.05) is 19.8 Å². The number of unbranched alkanes of at least 4 members (excludes halogenated alkanes) is 2. The number of aliphatic hydroxyl groups excluding tert-OH is 1. The molecule has 0 amide bonds. The highest BCUT2D eigenvalue weighted by molar-refractivity contribution is 5.48. The number of rotatable bonds is 7. The van der Waals surface area contributed by atoms with E-state index in [4.69, 9.17) is 9.84 Å². The Morgan fingerprint density at radius 1 is 1.41 bits per heavy atom. The van der Waals surface area contributed by atoms with Gasteiger partial charge in [0.2, 0.25) is 0 Å². The lowest BCUT2D eigenvalue weighted by Crippen LogP contribution is -2.01. The Labute approximate surface area is 100 Å². The molecule has 1 aromatic rings. The van der Waals surface area contributed by atoms with Crippen molar-refractivity contribution in [1.82, 2.24) is 0 Å². The topological polar surface area (TPSA) is 72.6 Å². The molecule has 0 aliphatic heterocycles. The van der Waals surface area contributed by atoms with Crippen molar-refractivity contribution < 1.29 is 14.8 Å². The maximum absolute atomic E-state index is 10.8. The third-order valence-electron chi connectivity index (χ3n) is 2.41. The second-order valence-corrected chi connectivity index (χ2v) is 3.77. The van der Waals surface area contributed by atoms with E-state index in [2.05, 4.69) is 6.92 Å². The largest absolute Gasteiger partial charge is 0.487 e. The minimum absolute atomic E-state index is 0.0568. The van der Waals surface area contributed by atoms with Gasteiger partial charge >= 0.3 is 5.69 Å². The number of nitro groups is 1. The number of nitro benzene ring substituents is 1. The SMILES string of the molecule is CCCCCOc1cc(CO)ccc1[N+](=O)[O-]. The molecule has 0 aromatic heterocycles. The summed E-state index contributed by atoms with van der Waals surface area (Å²) in [5.41, 5.74) is 0.555. The second kappa shape index (κ2) is 6.85. The summed E-state index contributed by atoms with van der Waals surface area (Å²) < 4.78 is 5.39. The third kappa shape index (κ3) is 4.03. The zero-order chi connectivity index (χ0) is 12.7. The average molecular weight is 239 g/mol. The number of benzene rings is 1. The van der Waals surface area contributed by atoms with Crippen LogP contribution in [0.4, 0.5) is 5.69 Å². The Bertz CT molecular complexity index is 379. The first-order valence-corrected chi connectivity index (χ1v) is 5.70. The fourth-order valence-electron chi connectivity index (χ4n) is 1.46. The van der Waals surface area contributed by atoms with Crippen molar-refractivity contribution in [3.63, 3.8) is 0 Å². The molecule has 17 heavy (non-hydrogen) atoms. The van der Waals surface area contributed by atoms with Crippen molar-refractivity contribution >= 4 is 5.69 Å². The standard InChI is InChI=1S/C12H17NO4/c1-2-3-4-7-17-12-8-10(9-14)5-6-11(12)13(15)16/h5-6,8,14H,2-4,7,9H2,1H3. The van der Waals surface area contributed by atoms with Crippen LogP contribution >= 0.6 is 0 Å². The smallest absolute Gasteiger partial charge is 0.310 e. The van der Waals surface area contributed by atoms with Crippen LogP contribution in [-0.2, 0) is 6.61 Å². The van der Waals surface area contributed by atoms with Gasteiger partial charge in [-0.05, 0) is 24.1 Å². The number of ether oxygens (including phenoxy) is 1. The fraction of sp³-hybridized carbons (Fsp3) is 0.500. The molecule has 0 bridgehead atoms. The van der Waals surface area contributed by atoms with E-state index in [1.165, 1.54) is 18.2 Å². The second-order valence-electron chi connectivity index (χ2n) is 3.77. The predicted molar refractivity (Wildman–Crippen MR) is 64.0 cm³/mol. The Hall–Kier alpha value is -1.62. The van der Waals surface area contributed by atoms with Crippen LogP contribution in [0.2, 0.25) is 0 Å². The minimum atomic E-state index is -0.476. The molecular formula is C12H17NO4. The summed E-state index contributed by atoms with van der Waals surface area (Å²) in [7, 11) is 0. The first-order chi connectivity index (χ1) is 8.19. The number of nitrogens with zero attached hydrogens (tertiary/aromatic N) is 1. The Kier molecular flexibility index (Phi) is 5.42. The monoisotopic (exact) mass is 239 g/mol. The van der Waals surface area contributed by atoms with E-state index in [-0.39, 0.29) is 18.0 Å². The summed E-state index contributed by atoms with van der Waals surface area (Å²) >= 11 is 0. The molecule has 0 unspecified atom stereocenters. The summed E-state index contributed by atoms with van der Waals surface area (Å²) in [6.45, 7) is 2.39. The normalized spacial score (nSPS) is 10.2. The van der Waals surface area contributed by atoms with Gasteiger partial charge in [0.1, 0.15) is 0 Å².